The Morgan fingerprint density at radius 3 is 2.45 bits per heavy atom. The first-order valence-corrected chi connectivity index (χ1v) is 25.1. The summed E-state index contributed by atoms with van der Waals surface area (Å²) in [5.41, 5.74) is 6.81. The molecule has 0 spiro atoms. The number of dihydropyridines is 1. The Hall–Kier alpha value is -7.13. The molecule has 2 fully saturated rings. The van der Waals surface area contributed by atoms with Gasteiger partial charge in [-0.1, -0.05) is 61.9 Å². The summed E-state index contributed by atoms with van der Waals surface area (Å²) in [7, 11) is 0. The van der Waals surface area contributed by atoms with Gasteiger partial charge in [0.1, 0.15) is 30.1 Å². The second-order valence-electron chi connectivity index (χ2n) is 18.9. The zero-order chi connectivity index (χ0) is 49.9. The van der Waals surface area contributed by atoms with Gasteiger partial charge in [-0.05, 0) is 90.7 Å². The average Bonchev–Trinajstić information content (AvgIpc) is 4.19. The minimum absolute atomic E-state index is 0.0542. The molecule has 3 aliphatic heterocycles. The first-order valence-electron chi connectivity index (χ1n) is 23.8. The van der Waals surface area contributed by atoms with Crippen molar-refractivity contribution >= 4 is 46.5 Å². The number of carbonyl (C=O) groups is 3. The first kappa shape index (κ1) is 48.9. The normalized spacial score (nSPS) is 19.1. The van der Waals surface area contributed by atoms with E-state index in [2.05, 4.69) is 67.3 Å². The number of benzene rings is 2. The lowest BCUT2D eigenvalue weighted by atomic mass is 10.0. The Morgan fingerprint density at radius 1 is 0.958 bits per heavy atom. The van der Waals surface area contributed by atoms with E-state index >= 15 is 0 Å². The first-order chi connectivity index (χ1) is 34.2. The topological polar surface area (TPSA) is 196 Å². The number of likely N-dealkylation sites (tertiary alicyclic amines) is 2. The molecule has 2 saturated heterocycles. The molecule has 9 rings (SSSR count). The molecule has 0 bridgehead atoms. The zero-order valence-corrected chi connectivity index (χ0v) is 41.7. The Morgan fingerprint density at radius 2 is 1.75 bits per heavy atom. The number of nitriles is 1. The molecule has 0 saturated carbocycles. The molecule has 3 aliphatic rings. The summed E-state index contributed by atoms with van der Waals surface area (Å²) in [5.74, 6) is -0.00778. The summed E-state index contributed by atoms with van der Waals surface area (Å²) in [5, 5.41) is 37.8. The molecule has 3 unspecified atom stereocenters. The van der Waals surface area contributed by atoms with Gasteiger partial charge in [0.15, 0.2) is 0 Å². The molecule has 4 aromatic heterocycles. The predicted octanol–water partition coefficient (Wildman–Crippen LogP) is 7.26. The number of β-amino-alcohol motifs (C(OH)–C–C–N with tert-alkyl or cyclic N) is 1. The van der Waals surface area contributed by atoms with Crippen molar-refractivity contribution in [3.05, 3.63) is 131 Å². The van der Waals surface area contributed by atoms with Crippen LogP contribution in [-0.4, -0.2) is 113 Å². The van der Waals surface area contributed by atoms with Crippen molar-refractivity contribution in [2.24, 2.45) is 16.8 Å². The van der Waals surface area contributed by atoms with E-state index in [1.165, 1.54) is 15.3 Å². The predicted molar refractivity (Wildman–Crippen MR) is 272 cm³/mol. The van der Waals surface area contributed by atoms with E-state index < -0.39 is 24.1 Å². The van der Waals surface area contributed by atoms with E-state index in [-0.39, 0.29) is 54.8 Å². The van der Waals surface area contributed by atoms with Crippen LogP contribution >= 0.6 is 22.9 Å². The van der Waals surface area contributed by atoms with Gasteiger partial charge in [-0.2, -0.15) is 15.5 Å². The number of carbonyl (C=O) groups excluding carboxylic acids is 3. The number of hydrogen-bond donors (Lipinski definition) is 3. The van der Waals surface area contributed by atoms with Crippen LogP contribution in [0.25, 0.3) is 32.8 Å². The number of aromatic nitrogens is 5. The van der Waals surface area contributed by atoms with Crippen molar-refractivity contribution in [2.75, 3.05) is 26.2 Å². The third kappa shape index (κ3) is 10.9. The molecule has 6 aromatic rings. The lowest BCUT2D eigenvalue weighted by Gasteiger charge is -2.40. The summed E-state index contributed by atoms with van der Waals surface area (Å²) >= 11 is 7.91. The molecule has 0 radical (unpaired) electrons. The van der Waals surface area contributed by atoms with Gasteiger partial charge >= 0.3 is 0 Å². The number of nitrogens with zero attached hydrogens (tertiary/aromatic N) is 9. The highest BCUT2D eigenvalue weighted by molar-refractivity contribution is 7.13. The van der Waals surface area contributed by atoms with E-state index in [9.17, 15) is 24.8 Å². The SMILES string of the molecule is Cc1ccsc1-c1ccc([C@H](C)NC(=O)C2C[C@@H](O)CN2C(=O)[C@H](C(C)C)n2cc(-c3ccnc(OC4CN(C5=NCC(C(=O)NC(C)Cn6ccc(-c7ccc(C#N)c(Cl)c7)n6)C=C5)C4)c3)cn2)cc1. The maximum absolute atomic E-state index is 14.4. The Labute approximate surface area is 421 Å². The van der Waals surface area contributed by atoms with E-state index in [4.69, 9.17) is 21.3 Å². The number of ether oxygens (including phenoxy) is 1. The minimum atomic E-state index is -0.829. The number of aryl methyl sites for hydroxylation is 1. The van der Waals surface area contributed by atoms with Crippen molar-refractivity contribution in [2.45, 2.75) is 84.0 Å². The number of aliphatic imine (C=N–C) groups is 1. The molecular formula is C53H56ClN11O5S. The quantitative estimate of drug-likeness (QED) is 0.0943. The monoisotopic (exact) mass is 993 g/mol. The second-order valence-corrected chi connectivity index (χ2v) is 20.2. The van der Waals surface area contributed by atoms with E-state index in [1.807, 2.05) is 88.6 Å². The molecule has 3 amide bonds. The van der Waals surface area contributed by atoms with Crippen LogP contribution in [0.1, 0.15) is 62.9 Å². The highest BCUT2D eigenvalue weighted by Gasteiger charge is 2.43. The molecule has 6 atom stereocenters. The maximum atomic E-state index is 14.4. The Kier molecular flexibility index (Phi) is 14.5. The number of amides is 3. The summed E-state index contributed by atoms with van der Waals surface area (Å²) < 4.78 is 9.70. The molecule has 16 nitrogen and oxygen atoms in total. The van der Waals surface area contributed by atoms with Crippen LogP contribution in [0.4, 0.5) is 0 Å². The Balaban J connectivity index is 0.749. The van der Waals surface area contributed by atoms with Gasteiger partial charge in [-0.3, -0.25) is 28.7 Å². The molecule has 366 valence electrons. The van der Waals surface area contributed by atoms with Crippen LogP contribution in [0.3, 0.4) is 0 Å². The van der Waals surface area contributed by atoms with Crippen molar-refractivity contribution in [1.82, 2.24) is 45.0 Å². The van der Waals surface area contributed by atoms with Gasteiger partial charge in [0, 0.05) is 59.7 Å². The van der Waals surface area contributed by atoms with Gasteiger partial charge in [-0.15, -0.1) is 11.3 Å². The number of amidine groups is 1. The molecule has 2 aromatic carbocycles. The maximum Gasteiger partial charge on any atom is 0.248 e. The highest BCUT2D eigenvalue weighted by atomic mass is 35.5. The molecule has 7 heterocycles. The summed E-state index contributed by atoms with van der Waals surface area (Å²) in [6.45, 7) is 11.9. The summed E-state index contributed by atoms with van der Waals surface area (Å²) in [4.78, 5) is 55.4. The van der Waals surface area contributed by atoms with Crippen LogP contribution < -0.4 is 15.4 Å². The zero-order valence-electron chi connectivity index (χ0n) is 40.1. The standard InChI is InChI=1S/C53H56ClN11O5S/c1-31(2)49(53(69)64-28-42(66)22-46(64)52(68)60-34(5)35-6-8-36(9-7-35)50-32(3)16-19-71-50)65-27-41(25-58-65)37-14-17-56-48(21-37)70-43-29-62(30-43)47-13-12-40(24-57-47)51(67)59-33(4)26-63-18-15-45(61-63)38-10-11-39(23-55)44(54)20-38/h6-21,25,27,31,33-34,40,42-43,46,49,66H,22,24,26,28-30H2,1-5H3,(H,59,67)(H,60,68)/t33?,34-,40?,42+,46?,49-/m0/s1. The molecular weight excluding hydrogens is 938 g/mol. The van der Waals surface area contributed by atoms with Gasteiger partial charge in [0.2, 0.25) is 23.6 Å². The smallest absolute Gasteiger partial charge is 0.248 e. The number of hydrogen-bond acceptors (Lipinski definition) is 12. The number of thiophene rings is 1. The fourth-order valence-corrected chi connectivity index (χ4v) is 10.4. The highest BCUT2D eigenvalue weighted by Crippen LogP contribution is 2.33. The number of pyridine rings is 1. The van der Waals surface area contributed by atoms with Gasteiger partial charge < -0.3 is 30.3 Å². The number of rotatable bonds is 15. The number of halogens is 1. The molecule has 3 N–H and O–H groups in total. The summed E-state index contributed by atoms with van der Waals surface area (Å²) in [6.07, 6.45) is 10.0. The van der Waals surface area contributed by atoms with Crippen molar-refractivity contribution < 1.29 is 24.2 Å². The molecule has 18 heteroatoms. The fourth-order valence-electron chi connectivity index (χ4n) is 9.27. The van der Waals surface area contributed by atoms with Crippen LogP contribution in [0.15, 0.2) is 114 Å². The lowest BCUT2D eigenvalue weighted by Crippen LogP contribution is -2.56. The van der Waals surface area contributed by atoms with Gasteiger partial charge in [0.05, 0.1) is 66.7 Å². The van der Waals surface area contributed by atoms with E-state index in [0.717, 1.165) is 39.3 Å². The van der Waals surface area contributed by atoms with Crippen molar-refractivity contribution in [1.29, 1.82) is 5.26 Å². The number of aliphatic hydroxyl groups is 1. The third-order valence-corrected chi connectivity index (χ3v) is 14.6. The fraction of sp³-hybridized carbons (Fsp3) is 0.358. The average molecular weight is 995 g/mol. The van der Waals surface area contributed by atoms with Crippen molar-refractivity contribution in [3.8, 4) is 44.8 Å². The van der Waals surface area contributed by atoms with Crippen LogP contribution in [0, 0.1) is 30.1 Å². The van der Waals surface area contributed by atoms with E-state index in [1.54, 1.807) is 45.2 Å². The van der Waals surface area contributed by atoms with Gasteiger partial charge in [0.25, 0.3) is 0 Å². The van der Waals surface area contributed by atoms with Crippen LogP contribution in [0.5, 0.6) is 5.88 Å². The van der Waals surface area contributed by atoms with Crippen molar-refractivity contribution in [3.63, 3.8) is 0 Å². The van der Waals surface area contributed by atoms with Crippen LogP contribution in [-0.2, 0) is 20.9 Å². The summed E-state index contributed by atoms with van der Waals surface area (Å²) in [6, 6.07) is 21.1. The number of aliphatic hydroxyl groups excluding tert-OH is 1. The lowest BCUT2D eigenvalue weighted by molar-refractivity contribution is -0.142. The van der Waals surface area contributed by atoms with E-state index in [0.29, 0.717) is 42.6 Å². The molecule has 71 heavy (non-hydrogen) atoms. The number of nitrogens with one attached hydrogen (secondary N) is 2. The largest absolute Gasteiger partial charge is 0.471 e. The second kappa shape index (κ2) is 21.1. The minimum Gasteiger partial charge on any atom is -0.471 e. The molecule has 0 aliphatic carbocycles. The Bertz CT molecular complexity index is 3020. The van der Waals surface area contributed by atoms with Crippen LogP contribution in [0.2, 0.25) is 5.02 Å². The van der Waals surface area contributed by atoms with Gasteiger partial charge in [-0.25, -0.2) is 4.98 Å². The third-order valence-electron chi connectivity index (χ3n) is 13.2.